The van der Waals surface area contributed by atoms with Gasteiger partial charge in [0, 0.05) is 11.6 Å². The summed E-state index contributed by atoms with van der Waals surface area (Å²) in [5, 5.41) is 8.74. The van der Waals surface area contributed by atoms with E-state index in [9.17, 15) is 4.79 Å². The predicted octanol–water partition coefficient (Wildman–Crippen LogP) is 4.50. The van der Waals surface area contributed by atoms with Crippen LogP contribution in [-0.2, 0) is 6.54 Å². The van der Waals surface area contributed by atoms with Crippen LogP contribution in [-0.4, -0.2) is 27.0 Å². The molecule has 0 N–H and O–H groups in total. The van der Waals surface area contributed by atoms with E-state index in [1.807, 2.05) is 54.3 Å². The minimum absolute atomic E-state index is 0.00927. The van der Waals surface area contributed by atoms with Gasteiger partial charge in [-0.25, -0.2) is 0 Å². The Morgan fingerprint density at radius 2 is 1.88 bits per heavy atom. The van der Waals surface area contributed by atoms with Gasteiger partial charge in [0.2, 0.25) is 11.8 Å². The Hall–Kier alpha value is -2.66. The Morgan fingerprint density at radius 3 is 2.58 bits per heavy atom. The van der Waals surface area contributed by atoms with Gasteiger partial charge in [0.1, 0.15) is 0 Å². The number of amides is 1. The zero-order valence-electron chi connectivity index (χ0n) is 14.4. The number of aromatic nitrogens is 2. The molecular formula is C20H18ClN3O2. The summed E-state index contributed by atoms with van der Waals surface area (Å²) in [6.45, 7) is 2.30. The molecule has 132 valence electrons. The first kappa shape index (κ1) is 16.8. The lowest BCUT2D eigenvalue weighted by Crippen LogP contribution is -2.32. The molecule has 0 atom stereocenters. The van der Waals surface area contributed by atoms with Gasteiger partial charge in [0.15, 0.2) is 0 Å². The molecule has 0 spiro atoms. The molecule has 1 amide bonds. The number of halogens is 1. The standard InChI is InChI=1S/C20H18ClN3O2/c1-13-6-8-14(9-7-13)20(25)24(15-10-11-15)12-18-22-23-19(26-18)16-4-2-3-5-17(16)21/h2-9,15H,10-12H2,1H3. The predicted molar refractivity (Wildman–Crippen MR) is 98.8 cm³/mol. The maximum absolute atomic E-state index is 12.9. The summed E-state index contributed by atoms with van der Waals surface area (Å²) in [7, 11) is 0. The van der Waals surface area contributed by atoms with Gasteiger partial charge in [-0.2, -0.15) is 0 Å². The van der Waals surface area contributed by atoms with Crippen molar-refractivity contribution < 1.29 is 9.21 Å². The summed E-state index contributed by atoms with van der Waals surface area (Å²) in [6.07, 6.45) is 2.01. The van der Waals surface area contributed by atoms with Crippen LogP contribution in [0.5, 0.6) is 0 Å². The number of rotatable bonds is 5. The van der Waals surface area contributed by atoms with E-state index < -0.39 is 0 Å². The molecule has 4 rings (SSSR count). The van der Waals surface area contributed by atoms with Crippen LogP contribution in [0.3, 0.4) is 0 Å². The molecule has 0 radical (unpaired) electrons. The topological polar surface area (TPSA) is 59.2 Å². The van der Waals surface area contributed by atoms with Crippen LogP contribution in [0, 0.1) is 6.92 Å². The van der Waals surface area contributed by atoms with Crippen molar-refractivity contribution >= 4 is 17.5 Å². The van der Waals surface area contributed by atoms with Crippen molar-refractivity contribution in [2.24, 2.45) is 0 Å². The molecule has 1 aliphatic rings. The van der Waals surface area contributed by atoms with Crippen LogP contribution in [0.4, 0.5) is 0 Å². The normalized spacial score (nSPS) is 13.6. The number of benzene rings is 2. The SMILES string of the molecule is Cc1ccc(C(=O)N(Cc2nnc(-c3ccccc3Cl)o2)C2CC2)cc1. The Balaban J connectivity index is 1.55. The fourth-order valence-corrected chi connectivity index (χ4v) is 3.04. The zero-order valence-corrected chi connectivity index (χ0v) is 15.1. The van der Waals surface area contributed by atoms with Gasteiger partial charge in [-0.3, -0.25) is 4.79 Å². The highest BCUT2D eigenvalue weighted by molar-refractivity contribution is 6.33. The molecule has 26 heavy (non-hydrogen) atoms. The van der Waals surface area contributed by atoms with Gasteiger partial charge in [-0.1, -0.05) is 41.4 Å². The monoisotopic (exact) mass is 367 g/mol. The van der Waals surface area contributed by atoms with E-state index in [0.29, 0.717) is 34.5 Å². The van der Waals surface area contributed by atoms with E-state index in [-0.39, 0.29) is 11.9 Å². The molecule has 5 nitrogen and oxygen atoms in total. The molecule has 1 aromatic heterocycles. The largest absolute Gasteiger partial charge is 0.419 e. The highest BCUT2D eigenvalue weighted by atomic mass is 35.5. The van der Waals surface area contributed by atoms with Crippen LogP contribution in [0.15, 0.2) is 52.9 Å². The van der Waals surface area contributed by atoms with Crippen LogP contribution >= 0.6 is 11.6 Å². The second-order valence-electron chi connectivity index (χ2n) is 6.51. The third kappa shape index (κ3) is 3.48. The molecule has 1 aliphatic carbocycles. The molecule has 3 aromatic rings. The number of aryl methyl sites for hydroxylation is 1. The summed E-state index contributed by atoms with van der Waals surface area (Å²) in [4.78, 5) is 14.7. The van der Waals surface area contributed by atoms with Crippen molar-refractivity contribution in [3.63, 3.8) is 0 Å². The molecule has 1 saturated carbocycles. The summed E-state index contributed by atoms with van der Waals surface area (Å²) < 4.78 is 5.76. The van der Waals surface area contributed by atoms with Crippen molar-refractivity contribution in [1.82, 2.24) is 15.1 Å². The maximum Gasteiger partial charge on any atom is 0.254 e. The number of carbonyl (C=O) groups is 1. The van der Waals surface area contributed by atoms with E-state index in [1.165, 1.54) is 0 Å². The first-order valence-corrected chi connectivity index (χ1v) is 8.94. The number of hydrogen-bond donors (Lipinski definition) is 0. The van der Waals surface area contributed by atoms with E-state index in [1.54, 1.807) is 6.07 Å². The van der Waals surface area contributed by atoms with Crippen LogP contribution < -0.4 is 0 Å². The zero-order chi connectivity index (χ0) is 18.1. The van der Waals surface area contributed by atoms with Crippen LogP contribution in [0.2, 0.25) is 5.02 Å². The average molecular weight is 368 g/mol. The summed E-state index contributed by atoms with van der Waals surface area (Å²) in [6, 6.07) is 15.2. The lowest BCUT2D eigenvalue weighted by Gasteiger charge is -2.20. The number of hydrogen-bond acceptors (Lipinski definition) is 4. The Bertz CT molecular complexity index is 932. The van der Waals surface area contributed by atoms with Crippen molar-refractivity contribution in [2.75, 3.05) is 0 Å². The molecule has 6 heteroatoms. The third-order valence-electron chi connectivity index (χ3n) is 4.42. The van der Waals surface area contributed by atoms with Crippen molar-refractivity contribution in [2.45, 2.75) is 32.4 Å². The van der Waals surface area contributed by atoms with Gasteiger partial charge in [0.25, 0.3) is 5.91 Å². The van der Waals surface area contributed by atoms with Crippen LogP contribution in [0.25, 0.3) is 11.5 Å². The van der Waals surface area contributed by atoms with E-state index in [4.69, 9.17) is 16.0 Å². The summed E-state index contributed by atoms with van der Waals surface area (Å²) >= 11 is 6.19. The average Bonchev–Trinajstić information content (AvgIpc) is 3.38. The fourth-order valence-electron chi connectivity index (χ4n) is 2.82. The second kappa shape index (κ2) is 6.92. The van der Waals surface area contributed by atoms with Gasteiger partial charge in [0.05, 0.1) is 17.1 Å². The summed E-state index contributed by atoms with van der Waals surface area (Å²) in [5.41, 5.74) is 2.49. The maximum atomic E-state index is 12.9. The van der Waals surface area contributed by atoms with E-state index in [2.05, 4.69) is 10.2 Å². The van der Waals surface area contributed by atoms with Gasteiger partial charge >= 0.3 is 0 Å². The number of carbonyl (C=O) groups excluding carboxylic acids is 1. The molecule has 0 bridgehead atoms. The van der Waals surface area contributed by atoms with Crippen molar-refractivity contribution in [3.05, 3.63) is 70.6 Å². The van der Waals surface area contributed by atoms with E-state index >= 15 is 0 Å². The lowest BCUT2D eigenvalue weighted by atomic mass is 10.1. The third-order valence-corrected chi connectivity index (χ3v) is 4.75. The van der Waals surface area contributed by atoms with Gasteiger partial charge in [-0.05, 0) is 44.0 Å². The highest BCUT2D eigenvalue weighted by Crippen LogP contribution is 2.31. The van der Waals surface area contributed by atoms with Gasteiger partial charge < -0.3 is 9.32 Å². The highest BCUT2D eigenvalue weighted by Gasteiger charge is 2.34. The second-order valence-corrected chi connectivity index (χ2v) is 6.92. The Labute approximate surface area is 156 Å². The van der Waals surface area contributed by atoms with E-state index in [0.717, 1.165) is 18.4 Å². The minimum Gasteiger partial charge on any atom is -0.419 e. The molecule has 0 aliphatic heterocycles. The van der Waals surface area contributed by atoms with Gasteiger partial charge in [-0.15, -0.1) is 10.2 Å². The first-order chi connectivity index (χ1) is 12.6. The Morgan fingerprint density at radius 1 is 1.15 bits per heavy atom. The summed E-state index contributed by atoms with van der Waals surface area (Å²) in [5.74, 6) is 0.765. The fraction of sp³-hybridized carbons (Fsp3) is 0.250. The molecule has 2 aromatic carbocycles. The first-order valence-electron chi connectivity index (χ1n) is 8.57. The van der Waals surface area contributed by atoms with Crippen molar-refractivity contribution in [1.29, 1.82) is 0 Å². The molecular weight excluding hydrogens is 350 g/mol. The smallest absolute Gasteiger partial charge is 0.254 e. The molecule has 0 unspecified atom stereocenters. The Kier molecular flexibility index (Phi) is 4.47. The minimum atomic E-state index is -0.00927. The molecule has 1 heterocycles. The quantitative estimate of drug-likeness (QED) is 0.666. The molecule has 1 fully saturated rings. The van der Waals surface area contributed by atoms with Crippen molar-refractivity contribution in [3.8, 4) is 11.5 Å². The molecule has 0 saturated heterocycles. The lowest BCUT2D eigenvalue weighted by molar-refractivity contribution is 0.0714. The number of nitrogens with zero attached hydrogens (tertiary/aromatic N) is 3. The van der Waals surface area contributed by atoms with Crippen LogP contribution in [0.1, 0.15) is 34.7 Å².